The number of rotatable bonds is 4. The molecule has 0 saturated carbocycles. The molecule has 11 rings (SSSR count). The third-order valence-electron chi connectivity index (χ3n) is 11.3. The van der Waals surface area contributed by atoms with Crippen molar-refractivity contribution in [2.75, 3.05) is 4.90 Å². The summed E-state index contributed by atoms with van der Waals surface area (Å²) in [6, 6.07) is 58.6. The molecule has 10 aromatic rings. The minimum Gasteiger partial charge on any atom is -0.456 e. The summed E-state index contributed by atoms with van der Waals surface area (Å²) in [5, 5.41) is 6.83. The van der Waals surface area contributed by atoms with Crippen molar-refractivity contribution in [2.45, 2.75) is 19.3 Å². The zero-order valence-electron chi connectivity index (χ0n) is 28.9. The molecule has 0 saturated heterocycles. The predicted molar refractivity (Wildman–Crippen MR) is 216 cm³/mol. The van der Waals surface area contributed by atoms with Crippen molar-refractivity contribution in [3.05, 3.63) is 175 Å². The Morgan fingerprint density at radius 2 is 1.10 bits per heavy atom. The van der Waals surface area contributed by atoms with Crippen LogP contribution in [0.1, 0.15) is 25.0 Å². The van der Waals surface area contributed by atoms with Crippen LogP contribution in [-0.2, 0) is 5.41 Å². The van der Waals surface area contributed by atoms with Gasteiger partial charge in [0.05, 0.1) is 11.4 Å². The van der Waals surface area contributed by atoms with E-state index in [1.54, 1.807) is 0 Å². The third kappa shape index (κ3) is 4.08. The van der Waals surface area contributed by atoms with Gasteiger partial charge in [0.2, 0.25) is 0 Å². The summed E-state index contributed by atoms with van der Waals surface area (Å²) in [6.07, 6.45) is 0. The fraction of sp³-hybridized carbons (Fsp3) is 0.0612. The van der Waals surface area contributed by atoms with Crippen LogP contribution in [0.3, 0.4) is 0 Å². The third-order valence-corrected chi connectivity index (χ3v) is 11.3. The standard InChI is InChI=1S/C49H33NO2/c1-49(2)41-20-10-8-16-34(41)35-25-23-31(27-42(35)49)50(32-24-26-37-36-17-9-11-22-44(36)51-45(37)28-32)43-21-12-19-39-47-38-18-7-6-15-33(38)40(29-46(47)52-48(39)43)30-13-4-3-5-14-30/h3-29H,1-2H3. The van der Waals surface area contributed by atoms with Crippen LogP contribution in [0.2, 0.25) is 0 Å². The lowest BCUT2D eigenvalue weighted by Gasteiger charge is -2.28. The second kappa shape index (κ2) is 10.7. The summed E-state index contributed by atoms with van der Waals surface area (Å²) in [4.78, 5) is 2.34. The predicted octanol–water partition coefficient (Wildman–Crippen LogP) is 14.1. The van der Waals surface area contributed by atoms with Crippen LogP contribution in [0.15, 0.2) is 173 Å². The molecular formula is C49H33NO2. The van der Waals surface area contributed by atoms with Crippen molar-refractivity contribution in [1.82, 2.24) is 0 Å². The van der Waals surface area contributed by atoms with Gasteiger partial charge in [-0.1, -0.05) is 129 Å². The van der Waals surface area contributed by atoms with Gasteiger partial charge < -0.3 is 13.7 Å². The molecule has 2 heterocycles. The second-order valence-corrected chi connectivity index (χ2v) is 14.5. The summed E-state index contributed by atoms with van der Waals surface area (Å²) >= 11 is 0. The largest absolute Gasteiger partial charge is 0.456 e. The summed E-state index contributed by atoms with van der Waals surface area (Å²) in [7, 11) is 0. The van der Waals surface area contributed by atoms with Crippen molar-refractivity contribution >= 4 is 71.7 Å². The Morgan fingerprint density at radius 1 is 0.423 bits per heavy atom. The number of fused-ring (bicyclic) bond motifs is 11. The first-order chi connectivity index (χ1) is 25.5. The van der Waals surface area contributed by atoms with Gasteiger partial charge in [0.25, 0.3) is 0 Å². The summed E-state index contributed by atoms with van der Waals surface area (Å²) in [6.45, 7) is 4.67. The lowest BCUT2D eigenvalue weighted by molar-refractivity contribution is 0.660. The highest BCUT2D eigenvalue weighted by molar-refractivity contribution is 6.23. The molecule has 3 heteroatoms. The maximum atomic E-state index is 7.03. The zero-order chi connectivity index (χ0) is 34.6. The average Bonchev–Trinajstić information content (AvgIpc) is 3.83. The first-order valence-corrected chi connectivity index (χ1v) is 17.9. The number of benzene rings is 8. The number of furan rings is 2. The van der Waals surface area contributed by atoms with Gasteiger partial charge in [-0.25, -0.2) is 0 Å². The van der Waals surface area contributed by atoms with Crippen molar-refractivity contribution in [1.29, 1.82) is 0 Å². The van der Waals surface area contributed by atoms with Gasteiger partial charge in [-0.3, -0.25) is 0 Å². The summed E-state index contributed by atoms with van der Waals surface area (Å²) in [5.41, 5.74) is 14.0. The van der Waals surface area contributed by atoms with Crippen LogP contribution >= 0.6 is 0 Å². The van der Waals surface area contributed by atoms with E-state index >= 15 is 0 Å². The monoisotopic (exact) mass is 667 g/mol. The quantitative estimate of drug-likeness (QED) is 0.187. The molecule has 246 valence electrons. The SMILES string of the molecule is CC1(C)c2ccccc2-c2ccc(N(c3ccc4c(c3)oc3ccccc34)c3cccc4c3oc3cc(-c5ccccc5)c5ccccc5c34)cc21. The van der Waals surface area contributed by atoms with E-state index in [0.29, 0.717) is 0 Å². The average molecular weight is 668 g/mol. The molecule has 1 aliphatic carbocycles. The van der Waals surface area contributed by atoms with Gasteiger partial charge >= 0.3 is 0 Å². The molecule has 0 amide bonds. The number of para-hydroxylation sites is 2. The van der Waals surface area contributed by atoms with Crippen LogP contribution in [0.4, 0.5) is 17.1 Å². The van der Waals surface area contributed by atoms with Crippen molar-refractivity contribution in [3.8, 4) is 22.3 Å². The van der Waals surface area contributed by atoms with Crippen molar-refractivity contribution in [3.63, 3.8) is 0 Å². The molecule has 0 bridgehead atoms. The van der Waals surface area contributed by atoms with E-state index in [1.165, 1.54) is 38.6 Å². The molecule has 3 nitrogen and oxygen atoms in total. The second-order valence-electron chi connectivity index (χ2n) is 14.5. The van der Waals surface area contributed by atoms with Crippen molar-refractivity contribution < 1.29 is 8.83 Å². The molecule has 0 atom stereocenters. The first-order valence-electron chi connectivity index (χ1n) is 17.9. The van der Waals surface area contributed by atoms with E-state index in [9.17, 15) is 0 Å². The van der Waals surface area contributed by atoms with Gasteiger partial charge in [-0.2, -0.15) is 0 Å². The molecule has 52 heavy (non-hydrogen) atoms. The van der Waals surface area contributed by atoms with E-state index in [0.717, 1.165) is 66.5 Å². The molecule has 0 fully saturated rings. The van der Waals surface area contributed by atoms with Crippen LogP contribution in [0.5, 0.6) is 0 Å². The minimum absolute atomic E-state index is 0.144. The number of nitrogens with zero attached hydrogens (tertiary/aromatic N) is 1. The van der Waals surface area contributed by atoms with Crippen molar-refractivity contribution in [2.24, 2.45) is 0 Å². The van der Waals surface area contributed by atoms with Gasteiger partial charge in [-0.05, 0) is 86.6 Å². The Morgan fingerprint density at radius 3 is 1.98 bits per heavy atom. The van der Waals surface area contributed by atoms with E-state index in [-0.39, 0.29) is 5.41 Å². The molecular weight excluding hydrogens is 635 g/mol. The van der Waals surface area contributed by atoms with Crippen LogP contribution < -0.4 is 4.90 Å². The van der Waals surface area contributed by atoms with E-state index in [4.69, 9.17) is 8.83 Å². The van der Waals surface area contributed by atoms with Gasteiger partial charge in [0.1, 0.15) is 16.7 Å². The van der Waals surface area contributed by atoms with Gasteiger partial charge in [0, 0.05) is 38.7 Å². The van der Waals surface area contributed by atoms with Crippen LogP contribution in [-0.4, -0.2) is 0 Å². The Kier molecular flexibility index (Phi) is 6.01. The molecule has 0 aliphatic heterocycles. The van der Waals surface area contributed by atoms with E-state index in [1.807, 2.05) is 12.1 Å². The maximum absolute atomic E-state index is 7.03. The molecule has 8 aromatic carbocycles. The van der Waals surface area contributed by atoms with E-state index in [2.05, 4.69) is 170 Å². The Bertz CT molecular complexity index is 3050. The Hall–Kier alpha value is -6.58. The lowest BCUT2D eigenvalue weighted by Crippen LogP contribution is -2.16. The fourth-order valence-electron chi connectivity index (χ4n) is 8.79. The molecule has 0 unspecified atom stereocenters. The summed E-state index contributed by atoms with van der Waals surface area (Å²) in [5.74, 6) is 0. The number of anilines is 3. The van der Waals surface area contributed by atoms with Crippen LogP contribution in [0.25, 0.3) is 76.9 Å². The highest BCUT2D eigenvalue weighted by Gasteiger charge is 2.36. The highest BCUT2D eigenvalue weighted by Crippen LogP contribution is 2.52. The molecule has 0 N–H and O–H groups in total. The maximum Gasteiger partial charge on any atom is 0.159 e. The molecule has 2 aromatic heterocycles. The normalized spacial score (nSPS) is 13.3. The number of hydrogen-bond acceptors (Lipinski definition) is 3. The molecule has 0 radical (unpaired) electrons. The smallest absolute Gasteiger partial charge is 0.159 e. The fourth-order valence-corrected chi connectivity index (χ4v) is 8.79. The number of hydrogen-bond donors (Lipinski definition) is 0. The minimum atomic E-state index is -0.144. The topological polar surface area (TPSA) is 29.5 Å². The zero-order valence-corrected chi connectivity index (χ0v) is 28.9. The summed E-state index contributed by atoms with van der Waals surface area (Å²) < 4.78 is 13.5. The highest BCUT2D eigenvalue weighted by atomic mass is 16.3. The molecule has 1 aliphatic rings. The van der Waals surface area contributed by atoms with Crippen LogP contribution in [0, 0.1) is 0 Å². The first kappa shape index (κ1) is 29.2. The lowest BCUT2D eigenvalue weighted by atomic mass is 9.82. The van der Waals surface area contributed by atoms with E-state index < -0.39 is 0 Å². The molecule has 0 spiro atoms. The van der Waals surface area contributed by atoms with Gasteiger partial charge in [-0.15, -0.1) is 0 Å². The Balaban J connectivity index is 1.19. The Labute approximate surface area is 301 Å². The van der Waals surface area contributed by atoms with Gasteiger partial charge in [0.15, 0.2) is 5.58 Å².